The van der Waals surface area contributed by atoms with Crippen molar-refractivity contribution in [3.63, 3.8) is 0 Å². The van der Waals surface area contributed by atoms with Gasteiger partial charge in [-0.3, -0.25) is 9.36 Å². The lowest BCUT2D eigenvalue weighted by Gasteiger charge is -2.06. The molecule has 0 saturated carbocycles. The first kappa shape index (κ1) is 13.1. The number of nitrogens with zero attached hydrogens (tertiary/aromatic N) is 2. The SMILES string of the molecule is Cn1ccc(=O)n(CCCc2cccc(N)c2)c1=O. The van der Waals surface area contributed by atoms with Gasteiger partial charge in [0.05, 0.1) is 0 Å². The number of nitrogens with two attached hydrogens (primary N) is 1. The summed E-state index contributed by atoms with van der Waals surface area (Å²) in [6.45, 7) is 0.418. The van der Waals surface area contributed by atoms with Crippen LogP contribution in [0, 0.1) is 0 Å². The van der Waals surface area contributed by atoms with E-state index in [1.54, 1.807) is 7.05 Å². The summed E-state index contributed by atoms with van der Waals surface area (Å²) in [5.41, 5.74) is 7.01. The second-order valence-corrected chi connectivity index (χ2v) is 4.55. The second-order valence-electron chi connectivity index (χ2n) is 4.55. The van der Waals surface area contributed by atoms with Gasteiger partial charge in [0.25, 0.3) is 5.56 Å². The van der Waals surface area contributed by atoms with Crippen molar-refractivity contribution in [3.8, 4) is 0 Å². The molecule has 0 fully saturated rings. The molecule has 0 bridgehead atoms. The van der Waals surface area contributed by atoms with Crippen molar-refractivity contribution in [2.24, 2.45) is 7.05 Å². The van der Waals surface area contributed by atoms with Gasteiger partial charge in [-0.15, -0.1) is 0 Å². The van der Waals surface area contributed by atoms with Gasteiger partial charge >= 0.3 is 5.69 Å². The van der Waals surface area contributed by atoms with E-state index in [9.17, 15) is 9.59 Å². The van der Waals surface area contributed by atoms with Gasteiger partial charge in [-0.2, -0.15) is 0 Å². The average Bonchev–Trinajstić information content (AvgIpc) is 2.38. The van der Waals surface area contributed by atoms with E-state index in [1.165, 1.54) is 21.4 Å². The summed E-state index contributed by atoms with van der Waals surface area (Å²) in [6.07, 6.45) is 3.00. The number of anilines is 1. The molecule has 5 nitrogen and oxygen atoms in total. The average molecular weight is 259 g/mol. The minimum Gasteiger partial charge on any atom is -0.399 e. The van der Waals surface area contributed by atoms with Crippen LogP contribution in [0.2, 0.25) is 0 Å². The molecular weight excluding hydrogens is 242 g/mol. The summed E-state index contributed by atoms with van der Waals surface area (Å²) in [7, 11) is 1.64. The number of hydrogen-bond acceptors (Lipinski definition) is 3. The number of aryl methyl sites for hydroxylation is 2. The molecule has 0 amide bonds. The molecule has 1 aromatic heterocycles. The molecule has 0 spiro atoms. The first-order chi connectivity index (χ1) is 9.08. The molecule has 0 radical (unpaired) electrons. The zero-order valence-corrected chi connectivity index (χ0v) is 10.9. The molecule has 1 heterocycles. The minimum atomic E-state index is -0.278. The molecule has 1 aromatic carbocycles. The van der Waals surface area contributed by atoms with Gasteiger partial charge in [0.1, 0.15) is 0 Å². The van der Waals surface area contributed by atoms with Crippen LogP contribution in [0.5, 0.6) is 0 Å². The van der Waals surface area contributed by atoms with Crippen LogP contribution in [0.4, 0.5) is 5.69 Å². The summed E-state index contributed by atoms with van der Waals surface area (Å²) < 4.78 is 2.66. The molecule has 0 saturated heterocycles. The quantitative estimate of drug-likeness (QED) is 0.824. The molecule has 2 rings (SSSR count). The Hall–Kier alpha value is -2.30. The van der Waals surface area contributed by atoms with Crippen molar-refractivity contribution in [2.75, 3.05) is 5.73 Å². The van der Waals surface area contributed by atoms with E-state index < -0.39 is 0 Å². The van der Waals surface area contributed by atoms with Crippen LogP contribution in [0.15, 0.2) is 46.1 Å². The van der Waals surface area contributed by atoms with E-state index in [0.717, 1.165) is 24.1 Å². The molecule has 2 aromatic rings. The van der Waals surface area contributed by atoms with Gasteiger partial charge < -0.3 is 10.3 Å². The summed E-state index contributed by atoms with van der Waals surface area (Å²) in [5.74, 6) is 0. The number of hydrogen-bond donors (Lipinski definition) is 1. The number of nitrogen functional groups attached to an aromatic ring is 1. The van der Waals surface area contributed by atoms with Crippen LogP contribution >= 0.6 is 0 Å². The van der Waals surface area contributed by atoms with Crippen molar-refractivity contribution >= 4 is 5.69 Å². The van der Waals surface area contributed by atoms with Gasteiger partial charge in [-0.25, -0.2) is 4.79 Å². The Morgan fingerprint density at radius 3 is 2.74 bits per heavy atom. The third-order valence-corrected chi connectivity index (χ3v) is 3.04. The molecule has 0 aliphatic heterocycles. The molecule has 2 N–H and O–H groups in total. The van der Waals surface area contributed by atoms with Crippen molar-refractivity contribution in [1.82, 2.24) is 9.13 Å². The Morgan fingerprint density at radius 1 is 1.21 bits per heavy atom. The van der Waals surface area contributed by atoms with Crippen LogP contribution < -0.4 is 17.0 Å². The van der Waals surface area contributed by atoms with Crippen molar-refractivity contribution < 1.29 is 0 Å². The van der Waals surface area contributed by atoms with Gasteiger partial charge in [-0.05, 0) is 30.5 Å². The summed E-state index contributed by atoms with van der Waals surface area (Å²) in [6, 6.07) is 9.04. The van der Waals surface area contributed by atoms with Crippen molar-refractivity contribution in [1.29, 1.82) is 0 Å². The van der Waals surface area contributed by atoms with E-state index in [1.807, 2.05) is 24.3 Å². The third-order valence-electron chi connectivity index (χ3n) is 3.04. The predicted molar refractivity (Wildman–Crippen MR) is 75.1 cm³/mol. The maximum absolute atomic E-state index is 11.8. The molecule has 0 aliphatic carbocycles. The lowest BCUT2D eigenvalue weighted by Crippen LogP contribution is -2.37. The summed E-state index contributed by atoms with van der Waals surface area (Å²) >= 11 is 0. The normalized spacial score (nSPS) is 10.6. The first-order valence-corrected chi connectivity index (χ1v) is 6.19. The number of rotatable bonds is 4. The fraction of sp³-hybridized carbons (Fsp3) is 0.286. The van der Waals surface area contributed by atoms with Gasteiger partial charge in [-0.1, -0.05) is 12.1 Å². The minimum absolute atomic E-state index is 0.254. The van der Waals surface area contributed by atoms with Crippen LogP contribution in [0.1, 0.15) is 12.0 Å². The zero-order valence-electron chi connectivity index (χ0n) is 10.9. The highest BCUT2D eigenvalue weighted by Crippen LogP contribution is 2.08. The second kappa shape index (κ2) is 5.56. The van der Waals surface area contributed by atoms with Gasteiger partial charge in [0, 0.05) is 31.5 Å². The third kappa shape index (κ3) is 3.13. The maximum Gasteiger partial charge on any atom is 0.330 e. The molecule has 0 unspecified atom stereocenters. The van der Waals surface area contributed by atoms with E-state index in [0.29, 0.717) is 6.54 Å². The Kier molecular flexibility index (Phi) is 3.85. The van der Waals surface area contributed by atoms with E-state index in [4.69, 9.17) is 5.73 Å². The molecule has 100 valence electrons. The van der Waals surface area contributed by atoms with Crippen LogP contribution in [0.25, 0.3) is 0 Å². The maximum atomic E-state index is 11.8. The van der Waals surface area contributed by atoms with Crippen LogP contribution in [0.3, 0.4) is 0 Å². The number of aromatic nitrogens is 2. The standard InChI is InChI=1S/C14H17N3O2/c1-16-9-7-13(18)17(14(16)19)8-3-5-11-4-2-6-12(15)10-11/h2,4,6-7,9-10H,3,5,8,15H2,1H3. The van der Waals surface area contributed by atoms with E-state index in [2.05, 4.69) is 0 Å². The van der Waals surface area contributed by atoms with Crippen LogP contribution in [-0.4, -0.2) is 9.13 Å². The predicted octanol–water partition coefficient (Wildman–Crippen LogP) is 0.762. The van der Waals surface area contributed by atoms with Crippen molar-refractivity contribution in [2.45, 2.75) is 19.4 Å². The first-order valence-electron chi connectivity index (χ1n) is 6.19. The lowest BCUT2D eigenvalue weighted by atomic mass is 10.1. The molecule has 0 aliphatic rings. The fourth-order valence-electron chi connectivity index (χ4n) is 2.01. The Balaban J connectivity index is 2.06. The van der Waals surface area contributed by atoms with Gasteiger partial charge in [0.2, 0.25) is 0 Å². The molecule has 19 heavy (non-hydrogen) atoms. The number of benzene rings is 1. The van der Waals surface area contributed by atoms with Crippen LogP contribution in [-0.2, 0) is 20.0 Å². The van der Waals surface area contributed by atoms with Gasteiger partial charge in [0.15, 0.2) is 0 Å². The Labute approximate surface area is 110 Å². The zero-order chi connectivity index (χ0) is 13.8. The largest absolute Gasteiger partial charge is 0.399 e. The molecular formula is C14H17N3O2. The van der Waals surface area contributed by atoms with E-state index >= 15 is 0 Å². The topological polar surface area (TPSA) is 70.0 Å². The highest BCUT2D eigenvalue weighted by atomic mass is 16.2. The van der Waals surface area contributed by atoms with E-state index in [-0.39, 0.29) is 11.2 Å². The smallest absolute Gasteiger partial charge is 0.330 e. The highest BCUT2D eigenvalue weighted by Gasteiger charge is 2.02. The fourth-order valence-corrected chi connectivity index (χ4v) is 2.01. The highest BCUT2D eigenvalue weighted by molar-refractivity contribution is 5.40. The Bertz CT molecular complexity index is 686. The summed E-state index contributed by atoms with van der Waals surface area (Å²) in [4.78, 5) is 23.4. The Morgan fingerprint density at radius 2 is 2.00 bits per heavy atom. The monoisotopic (exact) mass is 259 g/mol. The van der Waals surface area contributed by atoms with Crippen molar-refractivity contribution in [3.05, 3.63) is 62.9 Å². The summed E-state index contributed by atoms with van der Waals surface area (Å²) in [5, 5.41) is 0. The lowest BCUT2D eigenvalue weighted by molar-refractivity contribution is 0.563. The molecule has 0 atom stereocenters. The molecule has 5 heteroatoms.